The molecule has 0 radical (unpaired) electrons. The monoisotopic (exact) mass is 498 g/mol. The van der Waals surface area contributed by atoms with Crippen molar-refractivity contribution in [2.75, 3.05) is 16.8 Å². The molecule has 1 aliphatic heterocycles. The van der Waals surface area contributed by atoms with Crippen molar-refractivity contribution in [2.24, 2.45) is 0 Å². The van der Waals surface area contributed by atoms with E-state index >= 15 is 0 Å². The van der Waals surface area contributed by atoms with Gasteiger partial charge in [0, 0.05) is 23.9 Å². The van der Waals surface area contributed by atoms with Crippen molar-refractivity contribution in [3.63, 3.8) is 0 Å². The summed E-state index contributed by atoms with van der Waals surface area (Å²) in [6.45, 7) is 7.69. The van der Waals surface area contributed by atoms with Gasteiger partial charge in [0.15, 0.2) is 0 Å². The second-order valence-corrected chi connectivity index (χ2v) is 8.91. The van der Waals surface area contributed by atoms with Gasteiger partial charge in [-0.05, 0) is 73.4 Å². The van der Waals surface area contributed by atoms with Crippen LogP contribution in [0.25, 0.3) is 5.76 Å². The summed E-state index contributed by atoms with van der Waals surface area (Å²) >= 11 is 0. The van der Waals surface area contributed by atoms with Crippen LogP contribution in [-0.4, -0.2) is 29.3 Å². The minimum absolute atomic E-state index is 0.00254. The highest BCUT2D eigenvalue weighted by atomic mass is 16.5. The minimum atomic E-state index is -0.856. The number of aryl methyl sites for hydroxylation is 2. The predicted octanol–water partition coefficient (Wildman–Crippen LogP) is 5.54. The van der Waals surface area contributed by atoms with Gasteiger partial charge in [0.2, 0.25) is 5.91 Å². The van der Waals surface area contributed by atoms with Gasteiger partial charge in [0.05, 0.1) is 18.2 Å². The minimum Gasteiger partial charge on any atom is -0.507 e. The van der Waals surface area contributed by atoms with Gasteiger partial charge in [-0.15, -0.1) is 0 Å². The Balaban J connectivity index is 1.89. The predicted molar refractivity (Wildman–Crippen MR) is 144 cm³/mol. The summed E-state index contributed by atoms with van der Waals surface area (Å²) in [5.41, 5.74) is 3.94. The number of nitrogens with zero attached hydrogens (tertiary/aromatic N) is 1. The summed E-state index contributed by atoms with van der Waals surface area (Å²) in [5.74, 6) is -1.36. The Morgan fingerprint density at radius 3 is 2.38 bits per heavy atom. The number of carbonyl (C=O) groups is 3. The number of amides is 2. The highest BCUT2D eigenvalue weighted by Crippen LogP contribution is 2.43. The molecule has 1 heterocycles. The quantitative estimate of drug-likeness (QED) is 0.253. The molecule has 4 rings (SSSR count). The van der Waals surface area contributed by atoms with Crippen molar-refractivity contribution in [3.05, 3.63) is 94.6 Å². The van der Waals surface area contributed by atoms with E-state index in [0.717, 1.165) is 17.5 Å². The first kappa shape index (κ1) is 25.7. The van der Waals surface area contributed by atoms with Crippen LogP contribution in [0.4, 0.5) is 11.4 Å². The first-order chi connectivity index (χ1) is 17.7. The SMILES string of the molecule is CCOc1ccc(/C(O)=C2\C(=O)C(=O)N(c3cccc(NC(C)=O)c3)C2c2ccc(CC)cc2)cc1C. The third kappa shape index (κ3) is 5.11. The van der Waals surface area contributed by atoms with Gasteiger partial charge in [-0.1, -0.05) is 37.3 Å². The fraction of sp³-hybridized carbons (Fsp3) is 0.233. The van der Waals surface area contributed by atoms with Crippen LogP contribution in [0.2, 0.25) is 0 Å². The zero-order valence-electron chi connectivity index (χ0n) is 21.4. The summed E-state index contributed by atoms with van der Waals surface area (Å²) < 4.78 is 5.60. The van der Waals surface area contributed by atoms with E-state index in [1.807, 2.05) is 45.0 Å². The lowest BCUT2D eigenvalue weighted by Crippen LogP contribution is -2.29. The molecule has 1 aliphatic rings. The molecular formula is C30H30N2O5. The van der Waals surface area contributed by atoms with Crippen molar-refractivity contribution in [1.29, 1.82) is 0 Å². The zero-order chi connectivity index (χ0) is 26.7. The fourth-order valence-corrected chi connectivity index (χ4v) is 4.56. The number of hydrogen-bond donors (Lipinski definition) is 2. The summed E-state index contributed by atoms with van der Waals surface area (Å²) in [7, 11) is 0. The lowest BCUT2D eigenvalue weighted by molar-refractivity contribution is -0.132. The van der Waals surface area contributed by atoms with Crippen LogP contribution >= 0.6 is 0 Å². The van der Waals surface area contributed by atoms with Crippen molar-refractivity contribution in [1.82, 2.24) is 0 Å². The second-order valence-electron chi connectivity index (χ2n) is 8.91. The van der Waals surface area contributed by atoms with Crippen LogP contribution in [0, 0.1) is 6.92 Å². The summed E-state index contributed by atoms with van der Waals surface area (Å²) in [6.07, 6.45) is 0.838. The molecule has 0 aliphatic carbocycles. The maximum atomic E-state index is 13.4. The lowest BCUT2D eigenvalue weighted by atomic mass is 9.94. The van der Waals surface area contributed by atoms with E-state index in [1.54, 1.807) is 42.5 Å². The Hall–Kier alpha value is -4.39. The van der Waals surface area contributed by atoms with E-state index in [1.165, 1.54) is 11.8 Å². The van der Waals surface area contributed by atoms with E-state index in [-0.39, 0.29) is 17.2 Å². The van der Waals surface area contributed by atoms with Gasteiger partial charge in [-0.25, -0.2) is 0 Å². The fourth-order valence-electron chi connectivity index (χ4n) is 4.56. The Bertz CT molecular complexity index is 1390. The molecule has 37 heavy (non-hydrogen) atoms. The highest BCUT2D eigenvalue weighted by molar-refractivity contribution is 6.51. The number of nitrogens with one attached hydrogen (secondary N) is 1. The summed E-state index contributed by atoms with van der Waals surface area (Å²) in [4.78, 5) is 39.8. The first-order valence-electron chi connectivity index (χ1n) is 12.3. The van der Waals surface area contributed by atoms with Gasteiger partial charge in [0.25, 0.3) is 11.7 Å². The molecule has 1 atom stereocenters. The molecule has 1 fully saturated rings. The Labute approximate surface area is 216 Å². The summed E-state index contributed by atoms with van der Waals surface area (Å²) in [5, 5.41) is 14.1. The van der Waals surface area contributed by atoms with Crippen molar-refractivity contribution in [2.45, 2.75) is 40.2 Å². The molecular weight excluding hydrogens is 468 g/mol. The van der Waals surface area contributed by atoms with E-state index in [2.05, 4.69) is 5.32 Å². The number of carbonyl (C=O) groups excluding carboxylic acids is 3. The molecule has 0 spiro atoms. The Morgan fingerprint density at radius 2 is 1.76 bits per heavy atom. The molecule has 2 amide bonds. The molecule has 7 heteroatoms. The van der Waals surface area contributed by atoms with Crippen LogP contribution in [0.3, 0.4) is 0 Å². The second kappa shape index (κ2) is 10.7. The number of ketones is 1. The number of benzene rings is 3. The molecule has 190 valence electrons. The average Bonchev–Trinajstić information content (AvgIpc) is 3.15. The van der Waals surface area contributed by atoms with Gasteiger partial charge in [0.1, 0.15) is 11.5 Å². The molecule has 1 unspecified atom stereocenters. The maximum absolute atomic E-state index is 13.4. The topological polar surface area (TPSA) is 95.9 Å². The standard InChI is InChI=1S/C30H30N2O5/c1-5-20-10-12-21(13-11-20)27-26(28(34)22-14-15-25(37-6-2)18(3)16-22)29(35)30(36)32(27)24-9-7-8-23(17-24)31-19(4)33/h7-17,27,34H,5-6H2,1-4H3,(H,31,33)/b28-26+. The van der Waals surface area contributed by atoms with Gasteiger partial charge in [-0.3, -0.25) is 19.3 Å². The number of Topliss-reactive ketones (excluding diaryl/α,β-unsaturated/α-hetero) is 1. The normalized spacial score (nSPS) is 16.6. The summed E-state index contributed by atoms with van der Waals surface area (Å²) in [6, 6.07) is 18.7. The zero-order valence-corrected chi connectivity index (χ0v) is 21.4. The van der Waals surface area contributed by atoms with Gasteiger partial charge >= 0.3 is 0 Å². The average molecular weight is 499 g/mol. The number of anilines is 2. The van der Waals surface area contributed by atoms with Crippen LogP contribution in [-0.2, 0) is 20.8 Å². The van der Waals surface area contributed by atoms with Crippen molar-refractivity contribution >= 4 is 34.7 Å². The van der Waals surface area contributed by atoms with Crippen LogP contribution in [0.1, 0.15) is 49.1 Å². The molecule has 1 saturated heterocycles. The van der Waals surface area contributed by atoms with E-state index in [4.69, 9.17) is 4.74 Å². The Morgan fingerprint density at radius 1 is 1.03 bits per heavy atom. The van der Waals surface area contributed by atoms with E-state index < -0.39 is 17.7 Å². The first-order valence-corrected chi connectivity index (χ1v) is 12.3. The molecule has 0 saturated carbocycles. The van der Waals surface area contributed by atoms with Gasteiger partial charge in [-0.2, -0.15) is 0 Å². The van der Waals surface area contributed by atoms with E-state index in [9.17, 15) is 19.5 Å². The Kier molecular flexibility index (Phi) is 7.43. The van der Waals surface area contributed by atoms with Crippen molar-refractivity contribution < 1.29 is 24.2 Å². The molecule has 7 nitrogen and oxygen atoms in total. The largest absolute Gasteiger partial charge is 0.507 e. The third-order valence-corrected chi connectivity index (χ3v) is 6.34. The van der Waals surface area contributed by atoms with Crippen LogP contribution in [0.15, 0.2) is 72.3 Å². The molecule has 0 aromatic heterocycles. The molecule has 3 aromatic rings. The smallest absolute Gasteiger partial charge is 0.300 e. The lowest BCUT2D eigenvalue weighted by Gasteiger charge is -2.26. The van der Waals surface area contributed by atoms with Crippen molar-refractivity contribution in [3.8, 4) is 5.75 Å². The molecule has 2 N–H and O–H groups in total. The number of aliphatic hydroxyl groups is 1. The van der Waals surface area contributed by atoms with E-state index in [0.29, 0.717) is 34.9 Å². The number of ether oxygens (including phenoxy) is 1. The van der Waals surface area contributed by atoms with Crippen LogP contribution < -0.4 is 15.0 Å². The third-order valence-electron chi connectivity index (χ3n) is 6.34. The highest BCUT2D eigenvalue weighted by Gasteiger charge is 2.47. The molecule has 3 aromatic carbocycles. The number of rotatable bonds is 7. The maximum Gasteiger partial charge on any atom is 0.300 e. The van der Waals surface area contributed by atoms with Gasteiger partial charge < -0.3 is 15.2 Å². The van der Waals surface area contributed by atoms with Crippen LogP contribution in [0.5, 0.6) is 5.75 Å². The number of aliphatic hydroxyl groups excluding tert-OH is 1. The number of hydrogen-bond acceptors (Lipinski definition) is 5. The molecule has 0 bridgehead atoms.